The lowest BCUT2D eigenvalue weighted by molar-refractivity contribution is 1.23. The maximum Gasteiger partial charge on any atom is 0.160 e. The van der Waals surface area contributed by atoms with E-state index in [1.165, 1.54) is 0 Å². The van der Waals surface area contributed by atoms with E-state index in [1.54, 1.807) is 12.1 Å². The highest BCUT2D eigenvalue weighted by Crippen LogP contribution is 2.42. The van der Waals surface area contributed by atoms with Gasteiger partial charge in [0.1, 0.15) is 0 Å². The van der Waals surface area contributed by atoms with Crippen molar-refractivity contribution in [2.45, 2.75) is 0 Å². The second-order valence-corrected chi connectivity index (χ2v) is 11.3. The van der Waals surface area contributed by atoms with Crippen LogP contribution in [0, 0.1) is 22.7 Å². The van der Waals surface area contributed by atoms with Crippen molar-refractivity contribution < 1.29 is 0 Å². The Labute approximate surface area is 266 Å². The van der Waals surface area contributed by atoms with Crippen molar-refractivity contribution >= 4 is 32.4 Å². The lowest BCUT2D eigenvalue weighted by atomic mass is 9.90. The van der Waals surface area contributed by atoms with Crippen LogP contribution in [-0.2, 0) is 0 Å². The number of nitrogens with zero attached hydrogens (tertiary/aromatic N) is 4. The molecule has 8 aromatic rings. The fourth-order valence-corrected chi connectivity index (χ4v) is 6.34. The smallest absolute Gasteiger partial charge is 0.160 e. The lowest BCUT2D eigenvalue weighted by Gasteiger charge is -2.17. The molecule has 0 aliphatic heterocycles. The van der Waals surface area contributed by atoms with Gasteiger partial charge in [-0.2, -0.15) is 10.5 Å². The zero-order valence-electron chi connectivity index (χ0n) is 24.6. The molecule has 0 radical (unpaired) electrons. The Bertz CT molecular complexity index is 2560. The largest absolute Gasteiger partial charge is 0.227 e. The Morgan fingerprint density at radius 1 is 0.413 bits per heavy atom. The molecule has 1 heterocycles. The fourth-order valence-electron chi connectivity index (χ4n) is 6.34. The topological polar surface area (TPSA) is 73.4 Å². The summed E-state index contributed by atoms with van der Waals surface area (Å²) < 4.78 is 0. The maximum atomic E-state index is 9.79. The zero-order chi connectivity index (χ0) is 31.0. The van der Waals surface area contributed by atoms with Gasteiger partial charge >= 0.3 is 0 Å². The molecular formula is C42H24N4. The summed E-state index contributed by atoms with van der Waals surface area (Å²) in [6.45, 7) is 0. The van der Waals surface area contributed by atoms with Gasteiger partial charge in [-0.05, 0) is 74.6 Å². The highest BCUT2D eigenvalue weighted by atomic mass is 14.9. The van der Waals surface area contributed by atoms with Gasteiger partial charge < -0.3 is 0 Å². The summed E-state index contributed by atoms with van der Waals surface area (Å²) in [7, 11) is 0. The van der Waals surface area contributed by atoms with Crippen LogP contribution in [0.5, 0.6) is 0 Å². The second-order valence-electron chi connectivity index (χ2n) is 11.3. The third-order valence-electron chi connectivity index (χ3n) is 8.50. The first-order chi connectivity index (χ1) is 22.7. The van der Waals surface area contributed by atoms with Gasteiger partial charge in [-0.1, -0.05) is 109 Å². The summed E-state index contributed by atoms with van der Waals surface area (Å²) in [5, 5.41) is 24.9. The van der Waals surface area contributed by atoms with E-state index < -0.39 is 0 Å². The molecular weight excluding hydrogens is 560 g/mol. The van der Waals surface area contributed by atoms with E-state index >= 15 is 0 Å². The molecule has 0 bridgehead atoms. The number of aromatic nitrogens is 2. The lowest BCUT2D eigenvalue weighted by Crippen LogP contribution is -1.99. The molecule has 1 aromatic heterocycles. The van der Waals surface area contributed by atoms with Gasteiger partial charge in [0.15, 0.2) is 5.82 Å². The van der Waals surface area contributed by atoms with Gasteiger partial charge in [-0.15, -0.1) is 0 Å². The molecule has 0 amide bonds. The molecule has 0 spiro atoms. The van der Waals surface area contributed by atoms with Crippen LogP contribution < -0.4 is 0 Å². The Balaban J connectivity index is 1.54. The van der Waals surface area contributed by atoms with Crippen molar-refractivity contribution in [2.24, 2.45) is 0 Å². The van der Waals surface area contributed by atoms with Gasteiger partial charge in [0.05, 0.1) is 34.5 Å². The first-order valence-electron chi connectivity index (χ1n) is 15.0. The highest BCUT2D eigenvalue weighted by Gasteiger charge is 2.19. The zero-order valence-corrected chi connectivity index (χ0v) is 24.6. The van der Waals surface area contributed by atoms with Crippen molar-refractivity contribution in [1.29, 1.82) is 10.5 Å². The van der Waals surface area contributed by atoms with Crippen LogP contribution in [-0.4, -0.2) is 9.97 Å². The molecule has 4 nitrogen and oxygen atoms in total. The van der Waals surface area contributed by atoms with Gasteiger partial charge in [-0.25, -0.2) is 9.97 Å². The molecule has 8 rings (SSSR count). The highest BCUT2D eigenvalue weighted by molar-refractivity contribution is 6.10. The van der Waals surface area contributed by atoms with Crippen LogP contribution in [0.2, 0.25) is 0 Å². The molecule has 0 aliphatic carbocycles. The van der Waals surface area contributed by atoms with Gasteiger partial charge in [0, 0.05) is 22.1 Å². The first-order valence-corrected chi connectivity index (χ1v) is 15.0. The molecule has 0 unspecified atom stereocenters. The number of benzene rings is 7. The quantitative estimate of drug-likeness (QED) is 0.206. The van der Waals surface area contributed by atoms with Crippen molar-refractivity contribution in [3.8, 4) is 57.0 Å². The number of hydrogen-bond acceptors (Lipinski definition) is 4. The standard InChI is InChI=1S/C42H24N4/c43-25-27-9-5-15-31(21-27)40-39-24-33(36-19-7-13-29-11-1-3-17-34(29)36)23-38(37-20-8-14-30-12-2-4-18-35(30)37)41(39)46-42(45-40)32-16-6-10-28(22-32)26-44/h1-24H. The Kier molecular flexibility index (Phi) is 6.53. The van der Waals surface area contributed by atoms with E-state index in [-0.39, 0.29) is 0 Å². The number of rotatable bonds is 4. The third kappa shape index (κ3) is 4.63. The second kappa shape index (κ2) is 11.1. The van der Waals surface area contributed by atoms with Crippen molar-refractivity contribution in [2.75, 3.05) is 0 Å². The summed E-state index contributed by atoms with van der Waals surface area (Å²) in [6, 6.07) is 53.4. The van der Waals surface area contributed by atoms with Crippen LogP contribution in [0.4, 0.5) is 0 Å². The van der Waals surface area contributed by atoms with Gasteiger partial charge in [0.25, 0.3) is 0 Å². The summed E-state index contributed by atoms with van der Waals surface area (Å²) in [5.41, 5.74) is 8.40. The minimum absolute atomic E-state index is 0.515. The summed E-state index contributed by atoms with van der Waals surface area (Å²) >= 11 is 0. The fraction of sp³-hybridized carbons (Fsp3) is 0. The van der Waals surface area contributed by atoms with E-state index in [1.807, 2.05) is 36.4 Å². The van der Waals surface area contributed by atoms with Crippen LogP contribution in [0.1, 0.15) is 11.1 Å². The Morgan fingerprint density at radius 3 is 1.67 bits per heavy atom. The molecule has 0 aliphatic rings. The number of nitriles is 2. The molecule has 0 saturated carbocycles. The SMILES string of the molecule is N#Cc1cccc(-c2nc(-c3cccc(C#N)c3)c3cc(-c4cccc5ccccc45)cc(-c4cccc5ccccc45)c3n2)c1. The summed E-state index contributed by atoms with van der Waals surface area (Å²) in [5.74, 6) is 0.515. The number of hydrogen-bond donors (Lipinski definition) is 0. The molecule has 0 saturated heterocycles. The molecule has 0 fully saturated rings. The van der Waals surface area contributed by atoms with Gasteiger partial charge in [0.2, 0.25) is 0 Å². The van der Waals surface area contributed by atoms with Crippen molar-refractivity contribution in [3.63, 3.8) is 0 Å². The molecule has 46 heavy (non-hydrogen) atoms. The molecule has 7 aromatic carbocycles. The van der Waals surface area contributed by atoms with Crippen molar-refractivity contribution in [3.05, 3.63) is 157 Å². The van der Waals surface area contributed by atoms with Crippen LogP contribution >= 0.6 is 0 Å². The van der Waals surface area contributed by atoms with Crippen molar-refractivity contribution in [1.82, 2.24) is 9.97 Å². The molecule has 0 N–H and O–H groups in total. The van der Waals surface area contributed by atoms with E-state index in [2.05, 4.69) is 109 Å². The van der Waals surface area contributed by atoms with Gasteiger partial charge in [-0.3, -0.25) is 0 Å². The Hall–Kier alpha value is -6.62. The molecule has 0 atom stereocenters. The first kappa shape index (κ1) is 27.0. The third-order valence-corrected chi connectivity index (χ3v) is 8.50. The van der Waals surface area contributed by atoms with E-state index in [0.29, 0.717) is 17.0 Å². The number of fused-ring (bicyclic) bond motifs is 3. The van der Waals surface area contributed by atoms with Crippen LogP contribution in [0.25, 0.3) is 77.3 Å². The molecule has 212 valence electrons. The predicted octanol–water partition coefficient (Wildman–Crippen LogP) is 10.3. The summed E-state index contributed by atoms with van der Waals surface area (Å²) in [6.07, 6.45) is 0. The minimum Gasteiger partial charge on any atom is -0.227 e. The minimum atomic E-state index is 0.515. The average molecular weight is 585 g/mol. The monoisotopic (exact) mass is 584 g/mol. The predicted molar refractivity (Wildman–Crippen MR) is 186 cm³/mol. The normalized spacial score (nSPS) is 11.0. The van der Waals surface area contributed by atoms with E-state index in [4.69, 9.17) is 9.97 Å². The summed E-state index contributed by atoms with van der Waals surface area (Å²) in [4.78, 5) is 10.4. The average Bonchev–Trinajstić information content (AvgIpc) is 3.13. The van der Waals surface area contributed by atoms with Crippen LogP contribution in [0.3, 0.4) is 0 Å². The van der Waals surface area contributed by atoms with E-state index in [0.717, 1.165) is 71.5 Å². The molecule has 4 heteroatoms. The Morgan fingerprint density at radius 2 is 0.978 bits per heavy atom. The van der Waals surface area contributed by atoms with Crippen LogP contribution in [0.15, 0.2) is 146 Å². The maximum absolute atomic E-state index is 9.79. The van der Waals surface area contributed by atoms with E-state index in [9.17, 15) is 10.5 Å².